The molecule has 2 amide bonds. The zero-order valence-electron chi connectivity index (χ0n) is 10.5. The van der Waals surface area contributed by atoms with Crippen molar-refractivity contribution in [3.63, 3.8) is 0 Å². The minimum absolute atomic E-state index is 0.262. The van der Waals surface area contributed by atoms with Crippen molar-refractivity contribution in [3.05, 3.63) is 28.2 Å². The Bertz CT molecular complexity index is 448. The van der Waals surface area contributed by atoms with E-state index in [0.717, 1.165) is 13.0 Å². The number of hydrogen-bond donors (Lipinski definition) is 3. The van der Waals surface area contributed by atoms with Crippen LogP contribution in [0.2, 0.25) is 10.0 Å². The van der Waals surface area contributed by atoms with E-state index in [1.807, 2.05) is 0 Å². The molecular weight excluding hydrogens is 285 g/mol. The fraction of sp³-hybridized carbons (Fsp3) is 0.462. The number of rotatable bonds is 4. The first-order valence-electron chi connectivity index (χ1n) is 6.38. The van der Waals surface area contributed by atoms with Crippen LogP contribution in [0.3, 0.4) is 0 Å². The first-order chi connectivity index (χ1) is 9.15. The zero-order chi connectivity index (χ0) is 13.7. The van der Waals surface area contributed by atoms with Crippen LogP contribution in [0.15, 0.2) is 18.2 Å². The monoisotopic (exact) mass is 301 g/mol. The highest BCUT2D eigenvalue weighted by Crippen LogP contribution is 2.25. The van der Waals surface area contributed by atoms with Gasteiger partial charge in [-0.25, -0.2) is 4.79 Å². The zero-order valence-corrected chi connectivity index (χ0v) is 12.0. The molecule has 1 aliphatic rings. The maximum absolute atomic E-state index is 11.7. The molecule has 1 aliphatic heterocycles. The lowest BCUT2D eigenvalue weighted by molar-refractivity contribution is 0.251. The lowest BCUT2D eigenvalue weighted by Crippen LogP contribution is -2.33. The van der Waals surface area contributed by atoms with Crippen LogP contribution in [0.5, 0.6) is 0 Å². The van der Waals surface area contributed by atoms with Gasteiger partial charge in [-0.3, -0.25) is 0 Å². The van der Waals surface area contributed by atoms with Crippen LogP contribution >= 0.6 is 23.2 Å². The SMILES string of the molecule is O=C(NCC[C@H]1CCCN1)Nc1cc(Cl)ccc1Cl. The smallest absolute Gasteiger partial charge is 0.319 e. The van der Waals surface area contributed by atoms with Crippen LogP contribution in [0.25, 0.3) is 0 Å². The maximum Gasteiger partial charge on any atom is 0.319 e. The Kier molecular flexibility index (Phi) is 5.31. The lowest BCUT2D eigenvalue weighted by atomic mass is 10.1. The molecule has 19 heavy (non-hydrogen) atoms. The Labute approximate surface area is 122 Å². The van der Waals surface area contributed by atoms with Crippen molar-refractivity contribution in [3.8, 4) is 0 Å². The minimum Gasteiger partial charge on any atom is -0.338 e. The van der Waals surface area contributed by atoms with Gasteiger partial charge in [0.1, 0.15) is 0 Å². The summed E-state index contributed by atoms with van der Waals surface area (Å²) in [5.74, 6) is 0. The van der Waals surface area contributed by atoms with Crippen molar-refractivity contribution in [1.29, 1.82) is 0 Å². The summed E-state index contributed by atoms with van der Waals surface area (Å²) < 4.78 is 0. The van der Waals surface area contributed by atoms with Crippen LogP contribution < -0.4 is 16.0 Å². The van der Waals surface area contributed by atoms with Gasteiger partial charge in [-0.15, -0.1) is 0 Å². The fourth-order valence-electron chi connectivity index (χ4n) is 2.12. The summed E-state index contributed by atoms with van der Waals surface area (Å²) in [6, 6.07) is 5.22. The molecule has 0 radical (unpaired) electrons. The number of anilines is 1. The van der Waals surface area contributed by atoms with E-state index >= 15 is 0 Å². The second-order valence-corrected chi connectivity index (χ2v) is 5.43. The molecule has 0 bridgehead atoms. The molecule has 2 rings (SSSR count). The van der Waals surface area contributed by atoms with E-state index in [-0.39, 0.29) is 6.03 Å². The van der Waals surface area contributed by atoms with Crippen molar-refractivity contribution in [1.82, 2.24) is 10.6 Å². The van der Waals surface area contributed by atoms with Crippen molar-refractivity contribution < 1.29 is 4.79 Å². The molecule has 1 aromatic rings. The Morgan fingerprint density at radius 1 is 1.42 bits per heavy atom. The summed E-state index contributed by atoms with van der Waals surface area (Å²) in [7, 11) is 0. The number of amides is 2. The molecule has 1 fully saturated rings. The molecule has 104 valence electrons. The topological polar surface area (TPSA) is 53.2 Å². The number of urea groups is 1. The predicted molar refractivity (Wildman–Crippen MR) is 79.1 cm³/mol. The summed E-state index contributed by atoms with van der Waals surface area (Å²) in [4.78, 5) is 11.7. The molecule has 6 heteroatoms. The highest BCUT2D eigenvalue weighted by molar-refractivity contribution is 6.35. The van der Waals surface area contributed by atoms with Crippen LogP contribution in [0, 0.1) is 0 Å². The third-order valence-corrected chi connectivity index (χ3v) is 3.68. The van der Waals surface area contributed by atoms with Gasteiger partial charge in [0.05, 0.1) is 10.7 Å². The second kappa shape index (κ2) is 6.98. The van der Waals surface area contributed by atoms with Crippen molar-refractivity contribution in [2.24, 2.45) is 0 Å². The van der Waals surface area contributed by atoms with Crippen LogP contribution in [0.4, 0.5) is 10.5 Å². The molecule has 0 spiro atoms. The third kappa shape index (κ3) is 4.56. The summed E-state index contributed by atoms with van der Waals surface area (Å²) in [5.41, 5.74) is 0.519. The Morgan fingerprint density at radius 3 is 3.00 bits per heavy atom. The van der Waals surface area contributed by atoms with Gasteiger partial charge in [-0.2, -0.15) is 0 Å². The highest BCUT2D eigenvalue weighted by Gasteiger charge is 2.13. The third-order valence-electron chi connectivity index (χ3n) is 3.12. The summed E-state index contributed by atoms with van der Waals surface area (Å²) in [6.07, 6.45) is 3.34. The molecular formula is C13H17Cl2N3O. The molecule has 1 aromatic carbocycles. The van der Waals surface area contributed by atoms with Gasteiger partial charge in [0.25, 0.3) is 0 Å². The van der Waals surface area contributed by atoms with Crippen LogP contribution in [0.1, 0.15) is 19.3 Å². The Morgan fingerprint density at radius 2 is 2.26 bits per heavy atom. The quantitative estimate of drug-likeness (QED) is 0.799. The van der Waals surface area contributed by atoms with E-state index < -0.39 is 0 Å². The van der Waals surface area contributed by atoms with E-state index in [9.17, 15) is 4.79 Å². The van der Waals surface area contributed by atoms with E-state index in [1.165, 1.54) is 12.8 Å². The number of hydrogen-bond acceptors (Lipinski definition) is 2. The molecule has 0 saturated carbocycles. The molecule has 4 nitrogen and oxygen atoms in total. The number of carbonyl (C=O) groups is 1. The van der Waals surface area contributed by atoms with Gasteiger partial charge in [-0.1, -0.05) is 23.2 Å². The normalized spacial score (nSPS) is 18.3. The van der Waals surface area contributed by atoms with Crippen molar-refractivity contribution >= 4 is 34.9 Å². The standard InChI is InChI=1S/C13H17Cl2N3O/c14-9-3-4-11(15)12(8-9)18-13(19)17-7-5-10-2-1-6-16-10/h3-4,8,10,16H,1-2,5-7H2,(H2,17,18,19)/t10-/m1/s1. The molecule has 0 unspecified atom stereocenters. The molecule has 0 aromatic heterocycles. The maximum atomic E-state index is 11.7. The van der Waals surface area contributed by atoms with Gasteiger partial charge < -0.3 is 16.0 Å². The van der Waals surface area contributed by atoms with Gasteiger partial charge in [-0.05, 0) is 44.0 Å². The molecule has 1 atom stereocenters. The van der Waals surface area contributed by atoms with E-state index in [2.05, 4.69) is 16.0 Å². The second-order valence-electron chi connectivity index (χ2n) is 4.59. The minimum atomic E-state index is -0.262. The number of carbonyl (C=O) groups excluding carboxylic acids is 1. The molecule has 0 aliphatic carbocycles. The van der Waals surface area contributed by atoms with E-state index in [4.69, 9.17) is 23.2 Å². The average Bonchev–Trinajstić information content (AvgIpc) is 2.87. The van der Waals surface area contributed by atoms with Gasteiger partial charge in [0.15, 0.2) is 0 Å². The first kappa shape index (κ1) is 14.4. The summed E-state index contributed by atoms with van der Waals surface area (Å²) in [5, 5.41) is 9.90. The largest absolute Gasteiger partial charge is 0.338 e. The average molecular weight is 302 g/mol. The lowest BCUT2D eigenvalue weighted by Gasteiger charge is -2.12. The molecule has 1 saturated heterocycles. The van der Waals surface area contributed by atoms with E-state index in [1.54, 1.807) is 18.2 Å². The van der Waals surface area contributed by atoms with Crippen LogP contribution in [-0.2, 0) is 0 Å². The predicted octanol–water partition coefficient (Wildman–Crippen LogP) is 3.26. The van der Waals surface area contributed by atoms with Crippen LogP contribution in [-0.4, -0.2) is 25.2 Å². The Balaban J connectivity index is 1.75. The van der Waals surface area contributed by atoms with E-state index in [0.29, 0.717) is 28.3 Å². The Hall–Kier alpha value is -0.970. The van der Waals surface area contributed by atoms with Gasteiger partial charge in [0, 0.05) is 17.6 Å². The number of halogens is 2. The number of nitrogens with one attached hydrogen (secondary N) is 3. The molecule has 1 heterocycles. The van der Waals surface area contributed by atoms with Gasteiger partial charge >= 0.3 is 6.03 Å². The summed E-state index contributed by atoms with van der Waals surface area (Å²) in [6.45, 7) is 1.72. The van der Waals surface area contributed by atoms with Gasteiger partial charge in [0.2, 0.25) is 0 Å². The first-order valence-corrected chi connectivity index (χ1v) is 7.14. The van der Waals surface area contributed by atoms with Crippen molar-refractivity contribution in [2.75, 3.05) is 18.4 Å². The van der Waals surface area contributed by atoms with Crippen molar-refractivity contribution in [2.45, 2.75) is 25.3 Å². The fourth-order valence-corrected chi connectivity index (χ4v) is 2.46. The summed E-state index contributed by atoms with van der Waals surface area (Å²) >= 11 is 11.8. The highest BCUT2D eigenvalue weighted by atomic mass is 35.5. The molecule has 3 N–H and O–H groups in total. The number of benzene rings is 1.